The lowest BCUT2D eigenvalue weighted by molar-refractivity contribution is -0.134. The van der Waals surface area contributed by atoms with E-state index in [0.29, 0.717) is 26.2 Å². The Hall–Kier alpha value is -2.91. The highest BCUT2D eigenvalue weighted by Gasteiger charge is 2.31. The zero-order valence-corrected chi connectivity index (χ0v) is 20.5. The number of nitrogens with zero attached hydrogens (tertiary/aromatic N) is 6. The van der Waals surface area contributed by atoms with E-state index in [1.54, 1.807) is 19.4 Å². The van der Waals surface area contributed by atoms with Crippen molar-refractivity contribution in [1.29, 1.82) is 0 Å². The topological polar surface area (TPSA) is 74.2 Å². The Labute approximate surface area is 201 Å². The fourth-order valence-corrected chi connectivity index (χ4v) is 4.68. The van der Waals surface area contributed by atoms with E-state index in [-0.39, 0.29) is 17.4 Å². The molecule has 1 amide bonds. The van der Waals surface area contributed by atoms with Crippen molar-refractivity contribution in [1.82, 2.24) is 19.6 Å². The van der Waals surface area contributed by atoms with E-state index >= 15 is 0 Å². The van der Waals surface area contributed by atoms with E-state index in [0.717, 1.165) is 50.4 Å². The molecule has 2 aliphatic heterocycles. The van der Waals surface area contributed by atoms with Crippen LogP contribution in [0, 0.1) is 5.92 Å². The monoisotopic (exact) mass is 468 g/mol. The molecule has 0 radical (unpaired) electrons. The number of likely N-dealkylation sites (N-methyl/N-ethyl adjacent to an activating group) is 1. The number of amides is 1. The van der Waals surface area contributed by atoms with E-state index in [1.807, 2.05) is 11.9 Å². The molecule has 9 nitrogen and oxygen atoms in total. The van der Waals surface area contributed by atoms with Crippen molar-refractivity contribution in [3.63, 3.8) is 0 Å². The van der Waals surface area contributed by atoms with Crippen LogP contribution in [0.25, 0.3) is 0 Å². The van der Waals surface area contributed by atoms with Crippen LogP contribution in [0.1, 0.15) is 12.0 Å². The first-order valence-corrected chi connectivity index (χ1v) is 12.0. The minimum Gasteiger partial charge on any atom is -0.383 e. The van der Waals surface area contributed by atoms with Crippen LogP contribution in [0.15, 0.2) is 41.3 Å². The molecule has 1 aromatic heterocycles. The Morgan fingerprint density at radius 2 is 1.82 bits per heavy atom. The number of rotatable bonds is 8. The predicted octanol–water partition coefficient (Wildman–Crippen LogP) is 1.13. The van der Waals surface area contributed by atoms with Crippen LogP contribution in [-0.2, 0) is 22.6 Å². The summed E-state index contributed by atoms with van der Waals surface area (Å²) in [4.78, 5) is 34.1. The molecule has 1 atom stereocenters. The van der Waals surface area contributed by atoms with Gasteiger partial charge in [0, 0.05) is 71.7 Å². The number of hydrogen-bond donors (Lipinski definition) is 0. The maximum absolute atomic E-state index is 13.1. The molecule has 4 rings (SSSR count). The minimum atomic E-state index is -0.151. The number of aromatic nitrogens is 2. The van der Waals surface area contributed by atoms with Crippen LogP contribution < -0.4 is 15.4 Å². The van der Waals surface area contributed by atoms with Crippen LogP contribution >= 0.6 is 0 Å². The summed E-state index contributed by atoms with van der Waals surface area (Å²) in [5.74, 6) is 0.0672. The van der Waals surface area contributed by atoms with Crippen LogP contribution in [0.5, 0.6) is 0 Å². The van der Waals surface area contributed by atoms with Crippen molar-refractivity contribution >= 4 is 17.3 Å². The zero-order chi connectivity index (χ0) is 24.1. The normalized spacial score (nSPS) is 19.0. The molecule has 184 valence electrons. The second-order valence-electron chi connectivity index (χ2n) is 9.35. The Kier molecular flexibility index (Phi) is 7.84. The quantitative estimate of drug-likeness (QED) is 0.575. The van der Waals surface area contributed by atoms with Gasteiger partial charge in [0.15, 0.2) is 0 Å². The molecule has 2 aromatic rings. The first kappa shape index (κ1) is 24.2. The summed E-state index contributed by atoms with van der Waals surface area (Å²) < 4.78 is 6.41. The highest BCUT2D eigenvalue weighted by atomic mass is 16.5. The first-order valence-electron chi connectivity index (χ1n) is 12.0. The largest absolute Gasteiger partial charge is 0.383 e. The second-order valence-corrected chi connectivity index (χ2v) is 9.35. The molecule has 0 bridgehead atoms. The van der Waals surface area contributed by atoms with Crippen LogP contribution in [0.2, 0.25) is 0 Å². The summed E-state index contributed by atoms with van der Waals surface area (Å²) in [6.07, 6.45) is 2.48. The number of carbonyl (C=O) groups is 1. The summed E-state index contributed by atoms with van der Waals surface area (Å²) in [6.45, 7) is 7.07. The molecular formula is C25H36N6O3. The molecule has 2 fully saturated rings. The van der Waals surface area contributed by atoms with Gasteiger partial charge in [0.25, 0.3) is 5.56 Å². The van der Waals surface area contributed by atoms with Crippen LogP contribution in [0.4, 0.5) is 11.4 Å². The first-order chi connectivity index (χ1) is 16.4. The van der Waals surface area contributed by atoms with E-state index in [1.165, 1.54) is 10.4 Å². The van der Waals surface area contributed by atoms with Crippen molar-refractivity contribution in [2.45, 2.75) is 19.5 Å². The van der Waals surface area contributed by atoms with Crippen molar-refractivity contribution < 1.29 is 9.53 Å². The van der Waals surface area contributed by atoms with Crippen molar-refractivity contribution in [3.05, 3.63) is 52.4 Å². The number of benzene rings is 1. The predicted molar refractivity (Wildman–Crippen MR) is 133 cm³/mol. The molecule has 9 heteroatoms. The lowest BCUT2D eigenvalue weighted by atomic mass is 10.1. The zero-order valence-electron chi connectivity index (χ0n) is 20.5. The van der Waals surface area contributed by atoms with Gasteiger partial charge >= 0.3 is 0 Å². The van der Waals surface area contributed by atoms with Gasteiger partial charge in [-0.25, -0.2) is 4.68 Å². The maximum atomic E-state index is 13.1. The molecule has 1 aromatic carbocycles. The molecule has 2 aliphatic rings. The fourth-order valence-electron chi connectivity index (χ4n) is 4.68. The summed E-state index contributed by atoms with van der Waals surface area (Å²) in [5.41, 5.74) is 3.00. The molecule has 0 spiro atoms. The highest BCUT2D eigenvalue weighted by Crippen LogP contribution is 2.24. The van der Waals surface area contributed by atoms with Crippen molar-refractivity contribution in [2.75, 3.05) is 76.9 Å². The summed E-state index contributed by atoms with van der Waals surface area (Å²) in [7, 11) is 5.63. The second kappa shape index (κ2) is 11.0. The van der Waals surface area contributed by atoms with Gasteiger partial charge < -0.3 is 24.3 Å². The highest BCUT2D eigenvalue weighted by molar-refractivity contribution is 5.80. The minimum absolute atomic E-state index is 0.0782. The Balaban J connectivity index is 1.30. The van der Waals surface area contributed by atoms with E-state index in [2.05, 4.69) is 51.1 Å². The Morgan fingerprint density at radius 3 is 2.50 bits per heavy atom. The third kappa shape index (κ3) is 5.77. The molecule has 0 N–H and O–H groups in total. The number of methoxy groups -OCH3 is 1. The Morgan fingerprint density at radius 1 is 1.09 bits per heavy atom. The van der Waals surface area contributed by atoms with Crippen LogP contribution in [-0.4, -0.2) is 92.6 Å². The fraction of sp³-hybridized carbons (Fsp3) is 0.560. The average molecular weight is 469 g/mol. The molecule has 0 unspecified atom stereocenters. The number of ether oxygens (including phenoxy) is 1. The van der Waals surface area contributed by atoms with Gasteiger partial charge in [-0.2, -0.15) is 5.10 Å². The van der Waals surface area contributed by atoms with Gasteiger partial charge in [-0.3, -0.25) is 9.59 Å². The smallest absolute Gasteiger partial charge is 0.268 e. The average Bonchev–Trinajstić information content (AvgIpc) is 3.34. The summed E-state index contributed by atoms with van der Waals surface area (Å²) in [6, 6.07) is 10.2. The third-order valence-corrected chi connectivity index (χ3v) is 6.87. The number of piperazine rings is 1. The van der Waals surface area contributed by atoms with Gasteiger partial charge in [-0.15, -0.1) is 0 Å². The maximum Gasteiger partial charge on any atom is 0.268 e. The summed E-state index contributed by atoms with van der Waals surface area (Å²) >= 11 is 0. The molecule has 0 saturated carbocycles. The van der Waals surface area contributed by atoms with Crippen molar-refractivity contribution in [3.8, 4) is 0 Å². The number of carbonyl (C=O) groups excluding carboxylic acids is 1. The molecule has 2 saturated heterocycles. The van der Waals surface area contributed by atoms with Gasteiger partial charge in [0.2, 0.25) is 5.91 Å². The third-order valence-electron chi connectivity index (χ3n) is 6.87. The molecule has 3 heterocycles. The number of anilines is 2. The Bertz CT molecular complexity index is 1020. The van der Waals surface area contributed by atoms with Gasteiger partial charge in [-0.1, -0.05) is 12.1 Å². The molecule has 34 heavy (non-hydrogen) atoms. The summed E-state index contributed by atoms with van der Waals surface area (Å²) in [5, 5.41) is 4.25. The van der Waals surface area contributed by atoms with Gasteiger partial charge in [0.1, 0.15) is 0 Å². The van der Waals surface area contributed by atoms with E-state index in [4.69, 9.17) is 4.74 Å². The van der Waals surface area contributed by atoms with E-state index in [9.17, 15) is 9.59 Å². The molecular weight excluding hydrogens is 432 g/mol. The molecule has 0 aliphatic carbocycles. The van der Waals surface area contributed by atoms with Gasteiger partial charge in [0.05, 0.1) is 31.0 Å². The lowest BCUT2D eigenvalue weighted by Gasteiger charge is -2.34. The van der Waals surface area contributed by atoms with Gasteiger partial charge in [-0.05, 0) is 31.2 Å². The van der Waals surface area contributed by atoms with Crippen LogP contribution in [0.3, 0.4) is 0 Å². The van der Waals surface area contributed by atoms with E-state index < -0.39 is 0 Å². The number of hydrogen-bond acceptors (Lipinski definition) is 7. The SMILES string of the molecule is COCCn1ncc(N2CC[C@H](C(=O)N(C)Cc3ccc(N4CCN(C)CC4)cc3)C2)cc1=O. The standard InChI is InChI=1S/C25H36N6O3/c1-27-10-12-29(13-11-27)22-6-4-20(5-7-22)18-28(2)25(33)21-8-9-30(19-21)23-16-24(32)31(26-17-23)14-15-34-3/h4-7,16-17,21H,8-15,18-19H2,1-3H3/t21-/m0/s1. The lowest BCUT2D eigenvalue weighted by Crippen LogP contribution is -2.44. The van der Waals surface area contributed by atoms with Crippen molar-refractivity contribution in [2.24, 2.45) is 5.92 Å².